The molecule has 0 bridgehead atoms. The summed E-state index contributed by atoms with van der Waals surface area (Å²) in [7, 11) is 1.39. The zero-order valence-corrected chi connectivity index (χ0v) is 10.6. The summed E-state index contributed by atoms with van der Waals surface area (Å²) < 4.78 is 19.6. The molecule has 1 atom stereocenters. The first-order valence-electron chi connectivity index (χ1n) is 5.27. The van der Waals surface area contributed by atoms with Crippen LogP contribution in [0.25, 0.3) is 0 Å². The molecule has 18 heavy (non-hydrogen) atoms. The molecule has 6 nitrogen and oxygen atoms in total. The third-order valence-corrected chi connectivity index (χ3v) is 1.74. The number of methoxy groups -OCH3 is 1. The Bertz CT molecular complexity index is 310. The number of ether oxygens (including phenoxy) is 4. The van der Waals surface area contributed by atoms with Gasteiger partial charge < -0.3 is 18.9 Å². The van der Waals surface area contributed by atoms with Gasteiger partial charge in [-0.1, -0.05) is 13.2 Å². The summed E-state index contributed by atoms with van der Waals surface area (Å²) in [6.07, 6.45) is 0.247. The number of hydrogen-bond acceptors (Lipinski definition) is 6. The molecule has 0 saturated carbocycles. The van der Waals surface area contributed by atoms with E-state index in [1.54, 1.807) is 0 Å². The Morgan fingerprint density at radius 1 is 1.33 bits per heavy atom. The molecule has 0 aliphatic carbocycles. The summed E-state index contributed by atoms with van der Waals surface area (Å²) in [5.74, 6) is -1.07. The summed E-state index contributed by atoms with van der Waals surface area (Å²) in [6, 6.07) is 0. The third-order valence-electron chi connectivity index (χ3n) is 1.74. The summed E-state index contributed by atoms with van der Waals surface area (Å²) in [5.41, 5.74) is 0.275. The fourth-order valence-corrected chi connectivity index (χ4v) is 0.810. The van der Waals surface area contributed by atoms with Crippen LogP contribution in [-0.4, -0.2) is 45.2 Å². The first kappa shape index (κ1) is 16.3. The van der Waals surface area contributed by atoms with Crippen LogP contribution in [0.1, 0.15) is 6.92 Å². The van der Waals surface area contributed by atoms with Gasteiger partial charge in [-0.25, -0.2) is 9.59 Å². The van der Waals surface area contributed by atoms with Crippen LogP contribution in [-0.2, 0) is 28.5 Å². The molecule has 102 valence electrons. The van der Waals surface area contributed by atoms with E-state index in [0.717, 1.165) is 6.08 Å². The topological polar surface area (TPSA) is 71.1 Å². The number of rotatable bonds is 9. The molecule has 0 aromatic rings. The van der Waals surface area contributed by atoms with E-state index in [-0.39, 0.29) is 25.4 Å². The molecule has 1 unspecified atom stereocenters. The Morgan fingerprint density at radius 2 is 2.00 bits per heavy atom. The van der Waals surface area contributed by atoms with Crippen molar-refractivity contribution < 1.29 is 28.5 Å². The molecular weight excluding hydrogens is 240 g/mol. The second kappa shape index (κ2) is 9.38. The lowest BCUT2D eigenvalue weighted by molar-refractivity contribution is -0.180. The zero-order chi connectivity index (χ0) is 14.0. The van der Waals surface area contributed by atoms with Crippen LogP contribution >= 0.6 is 0 Å². The molecule has 0 aromatic heterocycles. The fraction of sp³-hybridized carbons (Fsp3) is 0.500. The first-order valence-corrected chi connectivity index (χ1v) is 5.27. The maximum Gasteiger partial charge on any atom is 0.335 e. The van der Waals surface area contributed by atoms with Gasteiger partial charge in [0.05, 0.1) is 6.61 Å². The van der Waals surface area contributed by atoms with Crippen LogP contribution in [0.4, 0.5) is 0 Å². The summed E-state index contributed by atoms with van der Waals surface area (Å²) in [4.78, 5) is 21.9. The van der Waals surface area contributed by atoms with Gasteiger partial charge in [-0.15, -0.1) is 0 Å². The van der Waals surface area contributed by atoms with Gasteiger partial charge in [-0.2, -0.15) is 0 Å². The Morgan fingerprint density at radius 3 is 2.50 bits per heavy atom. The normalized spacial score (nSPS) is 11.4. The maximum atomic E-state index is 11.2. The Balaban J connectivity index is 3.74. The van der Waals surface area contributed by atoms with E-state index >= 15 is 0 Å². The van der Waals surface area contributed by atoms with Crippen molar-refractivity contribution in [1.29, 1.82) is 0 Å². The van der Waals surface area contributed by atoms with Crippen molar-refractivity contribution in [1.82, 2.24) is 0 Å². The Hall–Kier alpha value is -1.66. The van der Waals surface area contributed by atoms with Crippen molar-refractivity contribution in [3.8, 4) is 0 Å². The minimum atomic E-state index is -0.815. The van der Waals surface area contributed by atoms with E-state index in [1.807, 2.05) is 0 Å². The van der Waals surface area contributed by atoms with Crippen molar-refractivity contribution in [3.63, 3.8) is 0 Å². The highest BCUT2D eigenvalue weighted by molar-refractivity contribution is 5.87. The lowest BCUT2D eigenvalue weighted by Gasteiger charge is -2.16. The lowest BCUT2D eigenvalue weighted by Crippen LogP contribution is -2.26. The van der Waals surface area contributed by atoms with E-state index in [1.165, 1.54) is 14.0 Å². The van der Waals surface area contributed by atoms with Crippen molar-refractivity contribution >= 4 is 11.9 Å². The quantitative estimate of drug-likeness (QED) is 0.264. The van der Waals surface area contributed by atoms with Gasteiger partial charge >= 0.3 is 11.9 Å². The predicted molar refractivity (Wildman–Crippen MR) is 63.7 cm³/mol. The van der Waals surface area contributed by atoms with Gasteiger partial charge in [0.25, 0.3) is 0 Å². The largest absolute Gasteiger partial charge is 0.460 e. The number of carbonyl (C=O) groups is 2. The van der Waals surface area contributed by atoms with Gasteiger partial charge in [0.2, 0.25) is 6.29 Å². The van der Waals surface area contributed by atoms with Gasteiger partial charge in [0.1, 0.15) is 13.2 Å². The van der Waals surface area contributed by atoms with E-state index in [4.69, 9.17) is 14.2 Å². The second-order valence-electron chi connectivity index (χ2n) is 3.30. The van der Waals surface area contributed by atoms with Crippen molar-refractivity contribution in [2.45, 2.75) is 13.2 Å². The minimum absolute atomic E-state index is 0.0428. The minimum Gasteiger partial charge on any atom is -0.460 e. The van der Waals surface area contributed by atoms with Gasteiger partial charge in [0, 0.05) is 18.8 Å². The van der Waals surface area contributed by atoms with Crippen LogP contribution in [0.2, 0.25) is 0 Å². The van der Waals surface area contributed by atoms with Crippen LogP contribution in [0.3, 0.4) is 0 Å². The summed E-state index contributed by atoms with van der Waals surface area (Å²) >= 11 is 0. The molecule has 0 heterocycles. The van der Waals surface area contributed by atoms with E-state index in [2.05, 4.69) is 17.9 Å². The van der Waals surface area contributed by atoms with Crippen LogP contribution < -0.4 is 0 Å². The van der Waals surface area contributed by atoms with E-state index in [0.29, 0.717) is 0 Å². The summed E-state index contributed by atoms with van der Waals surface area (Å²) in [6.45, 7) is 8.53. The SMILES string of the molecule is C=CC(=O)OCCOCC(OC)OC(=O)C(=C)C. The number of esters is 2. The van der Waals surface area contributed by atoms with Crippen LogP contribution in [0.15, 0.2) is 24.8 Å². The standard InChI is InChI=1S/C12H18O6/c1-5-10(13)17-7-6-16-8-11(15-4)18-12(14)9(2)3/h5,11H,1-2,6-8H2,3-4H3. The number of carbonyl (C=O) groups excluding carboxylic acids is 2. The molecule has 0 saturated heterocycles. The Labute approximate surface area is 106 Å². The van der Waals surface area contributed by atoms with E-state index < -0.39 is 18.2 Å². The van der Waals surface area contributed by atoms with Crippen molar-refractivity contribution in [2.24, 2.45) is 0 Å². The zero-order valence-electron chi connectivity index (χ0n) is 10.6. The van der Waals surface area contributed by atoms with Gasteiger partial charge in [-0.05, 0) is 6.92 Å². The molecule has 0 N–H and O–H groups in total. The molecule has 0 radical (unpaired) electrons. The Kier molecular flexibility index (Phi) is 8.51. The van der Waals surface area contributed by atoms with Gasteiger partial charge in [0.15, 0.2) is 0 Å². The average Bonchev–Trinajstić information content (AvgIpc) is 2.36. The molecule has 0 rings (SSSR count). The summed E-state index contributed by atoms with van der Waals surface area (Å²) in [5, 5.41) is 0. The highest BCUT2D eigenvalue weighted by Gasteiger charge is 2.14. The molecule has 0 aromatic carbocycles. The average molecular weight is 258 g/mol. The van der Waals surface area contributed by atoms with Crippen LogP contribution in [0, 0.1) is 0 Å². The maximum absolute atomic E-state index is 11.2. The molecule has 0 spiro atoms. The number of hydrogen-bond donors (Lipinski definition) is 0. The highest BCUT2D eigenvalue weighted by atomic mass is 16.7. The van der Waals surface area contributed by atoms with Gasteiger partial charge in [-0.3, -0.25) is 0 Å². The molecule has 0 aliphatic heterocycles. The molecule has 6 heteroatoms. The molecule has 0 amide bonds. The predicted octanol–water partition coefficient (Wildman–Crippen LogP) is 0.824. The third kappa shape index (κ3) is 7.59. The van der Waals surface area contributed by atoms with Crippen LogP contribution in [0.5, 0.6) is 0 Å². The molecule has 0 fully saturated rings. The smallest absolute Gasteiger partial charge is 0.335 e. The van der Waals surface area contributed by atoms with Crippen molar-refractivity contribution in [2.75, 3.05) is 26.9 Å². The van der Waals surface area contributed by atoms with Crippen molar-refractivity contribution in [3.05, 3.63) is 24.8 Å². The monoisotopic (exact) mass is 258 g/mol. The molecular formula is C12H18O6. The first-order chi connectivity index (χ1) is 8.51. The second-order valence-corrected chi connectivity index (χ2v) is 3.30. The van der Waals surface area contributed by atoms with E-state index in [9.17, 15) is 9.59 Å². The fourth-order valence-electron chi connectivity index (χ4n) is 0.810. The molecule has 0 aliphatic rings. The highest BCUT2D eigenvalue weighted by Crippen LogP contribution is 2.00. The lowest BCUT2D eigenvalue weighted by atomic mass is 10.4.